The van der Waals surface area contributed by atoms with Crippen LogP contribution in [0, 0.1) is 0 Å². The third kappa shape index (κ3) is 8.58. The number of rotatable bonds is 7. The molecule has 0 saturated heterocycles. The molecule has 1 rings (SSSR count). The van der Waals surface area contributed by atoms with E-state index in [9.17, 15) is 14.7 Å². The van der Waals surface area contributed by atoms with Crippen LogP contribution in [0.4, 0.5) is 0 Å². The summed E-state index contributed by atoms with van der Waals surface area (Å²) in [5, 5.41) is 12.8. The standard InChI is InChI=1S/C12H15NO3S.Na/c14-11(8-17-9-12(15)16)13-7-6-10-4-2-1-3-5-10;/h1-5H,6-9H2,(H,13,14)(H,15,16);/q;+1/p-1. The van der Waals surface area contributed by atoms with Gasteiger partial charge in [-0.3, -0.25) is 4.79 Å². The smallest absolute Gasteiger partial charge is 0.549 e. The zero-order valence-corrected chi connectivity index (χ0v) is 13.2. The maximum absolute atomic E-state index is 11.3. The summed E-state index contributed by atoms with van der Waals surface area (Å²) in [6, 6.07) is 9.84. The third-order valence-electron chi connectivity index (χ3n) is 2.03. The Hall–Kier alpha value is -0.490. The number of nitrogens with one attached hydrogen (secondary N) is 1. The van der Waals surface area contributed by atoms with Crippen LogP contribution in [0.1, 0.15) is 5.56 Å². The zero-order valence-electron chi connectivity index (χ0n) is 10.3. The fourth-order valence-corrected chi connectivity index (χ4v) is 1.83. The Morgan fingerprint density at radius 2 is 1.83 bits per heavy atom. The van der Waals surface area contributed by atoms with Crippen molar-refractivity contribution in [3.63, 3.8) is 0 Å². The van der Waals surface area contributed by atoms with Crippen molar-refractivity contribution in [3.8, 4) is 0 Å². The summed E-state index contributed by atoms with van der Waals surface area (Å²) in [4.78, 5) is 21.4. The van der Waals surface area contributed by atoms with Gasteiger partial charge in [-0.1, -0.05) is 30.3 Å². The van der Waals surface area contributed by atoms with Gasteiger partial charge in [-0.25, -0.2) is 0 Å². The summed E-state index contributed by atoms with van der Waals surface area (Å²) < 4.78 is 0. The molecule has 0 aliphatic rings. The van der Waals surface area contributed by atoms with Gasteiger partial charge in [0, 0.05) is 12.3 Å². The summed E-state index contributed by atoms with van der Waals surface area (Å²) in [6.07, 6.45) is 0.776. The Morgan fingerprint density at radius 3 is 2.44 bits per heavy atom. The van der Waals surface area contributed by atoms with Gasteiger partial charge in [-0.2, -0.15) is 0 Å². The van der Waals surface area contributed by atoms with Gasteiger partial charge in [0.25, 0.3) is 0 Å². The number of carboxylic acids is 1. The topological polar surface area (TPSA) is 69.2 Å². The molecule has 0 radical (unpaired) electrons. The van der Waals surface area contributed by atoms with Gasteiger partial charge >= 0.3 is 29.6 Å². The molecule has 0 fully saturated rings. The molecule has 0 bridgehead atoms. The first kappa shape index (κ1) is 17.5. The van der Waals surface area contributed by atoms with Crippen LogP contribution in [-0.2, 0) is 16.0 Å². The molecule has 0 atom stereocenters. The second-order valence-electron chi connectivity index (χ2n) is 3.45. The first-order valence-corrected chi connectivity index (χ1v) is 6.42. The van der Waals surface area contributed by atoms with Gasteiger partial charge in [0.15, 0.2) is 0 Å². The van der Waals surface area contributed by atoms with Crippen molar-refractivity contribution in [1.29, 1.82) is 0 Å². The maximum Gasteiger partial charge on any atom is 1.00 e. The van der Waals surface area contributed by atoms with Crippen molar-refractivity contribution in [2.75, 3.05) is 18.1 Å². The van der Waals surface area contributed by atoms with Crippen molar-refractivity contribution >= 4 is 23.6 Å². The van der Waals surface area contributed by atoms with Crippen LogP contribution in [0.15, 0.2) is 30.3 Å². The number of benzene rings is 1. The summed E-state index contributed by atoms with van der Waals surface area (Å²) in [6.45, 7) is 0.564. The van der Waals surface area contributed by atoms with Gasteiger partial charge in [-0.05, 0) is 12.0 Å². The average molecular weight is 275 g/mol. The monoisotopic (exact) mass is 275 g/mol. The van der Waals surface area contributed by atoms with Crippen molar-refractivity contribution in [1.82, 2.24) is 5.32 Å². The molecule has 0 aliphatic carbocycles. The van der Waals surface area contributed by atoms with E-state index in [1.54, 1.807) is 0 Å². The Kier molecular flexibility index (Phi) is 10.2. The SMILES string of the molecule is O=C([O-])CSCC(=O)NCCc1ccccc1.[Na+]. The molecule has 92 valence electrons. The molecule has 0 heterocycles. The van der Waals surface area contributed by atoms with Crippen LogP contribution in [0.25, 0.3) is 0 Å². The number of hydrogen-bond acceptors (Lipinski definition) is 4. The number of carboxylic acid groups (broad SMARTS) is 1. The van der Waals surface area contributed by atoms with Crippen molar-refractivity contribution < 1.29 is 44.3 Å². The van der Waals surface area contributed by atoms with E-state index in [0.29, 0.717) is 6.54 Å². The molecule has 0 aliphatic heterocycles. The summed E-state index contributed by atoms with van der Waals surface area (Å²) in [7, 11) is 0. The largest absolute Gasteiger partial charge is 1.00 e. The number of hydrogen-bond donors (Lipinski definition) is 1. The molecule has 0 unspecified atom stereocenters. The first-order chi connectivity index (χ1) is 8.18. The van der Waals surface area contributed by atoms with Crippen molar-refractivity contribution in [2.45, 2.75) is 6.42 Å². The molecular formula is C12H14NNaO3S. The minimum atomic E-state index is -1.15. The van der Waals surface area contributed by atoms with E-state index in [0.717, 1.165) is 23.7 Å². The van der Waals surface area contributed by atoms with Gasteiger partial charge < -0.3 is 15.2 Å². The molecule has 1 aromatic carbocycles. The number of thioether (sulfide) groups is 1. The van der Waals surface area contributed by atoms with Crippen LogP contribution in [0.5, 0.6) is 0 Å². The molecule has 0 spiro atoms. The second kappa shape index (κ2) is 10.4. The van der Waals surface area contributed by atoms with Crippen LogP contribution >= 0.6 is 11.8 Å². The second-order valence-corrected chi connectivity index (χ2v) is 4.44. The van der Waals surface area contributed by atoms with E-state index in [2.05, 4.69) is 5.32 Å². The summed E-state index contributed by atoms with van der Waals surface area (Å²) in [5.41, 5.74) is 1.16. The van der Waals surface area contributed by atoms with Gasteiger partial charge in [0.1, 0.15) is 0 Å². The molecule has 1 amide bonds. The first-order valence-electron chi connectivity index (χ1n) is 5.26. The fourth-order valence-electron chi connectivity index (χ4n) is 1.27. The minimum absolute atomic E-state index is 0. The van der Waals surface area contributed by atoms with E-state index >= 15 is 0 Å². The van der Waals surface area contributed by atoms with Crippen molar-refractivity contribution in [2.24, 2.45) is 0 Å². The van der Waals surface area contributed by atoms with Gasteiger partial charge in [0.2, 0.25) is 5.91 Å². The Labute approximate surface area is 133 Å². The van der Waals surface area contributed by atoms with E-state index in [1.807, 2.05) is 30.3 Å². The maximum atomic E-state index is 11.3. The van der Waals surface area contributed by atoms with Crippen LogP contribution in [0.2, 0.25) is 0 Å². The average Bonchev–Trinajstić information content (AvgIpc) is 2.30. The fraction of sp³-hybridized carbons (Fsp3) is 0.333. The molecule has 0 aromatic heterocycles. The van der Waals surface area contributed by atoms with E-state index in [4.69, 9.17) is 0 Å². The predicted octanol–water partition coefficient (Wildman–Crippen LogP) is -3.17. The minimum Gasteiger partial charge on any atom is -0.549 e. The predicted molar refractivity (Wildman–Crippen MR) is 65.5 cm³/mol. The number of carbonyl (C=O) groups excluding carboxylic acids is 2. The molecule has 0 saturated carbocycles. The number of carbonyl (C=O) groups is 2. The van der Waals surface area contributed by atoms with E-state index < -0.39 is 5.97 Å². The number of aliphatic carboxylic acids is 1. The van der Waals surface area contributed by atoms with E-state index in [1.165, 1.54) is 0 Å². The summed E-state index contributed by atoms with van der Waals surface area (Å²) in [5.74, 6) is -1.28. The molecular weight excluding hydrogens is 261 g/mol. The Morgan fingerprint density at radius 1 is 1.17 bits per heavy atom. The van der Waals surface area contributed by atoms with Gasteiger partial charge in [0.05, 0.1) is 11.7 Å². The molecule has 18 heavy (non-hydrogen) atoms. The van der Waals surface area contributed by atoms with Gasteiger partial charge in [-0.15, -0.1) is 11.8 Å². The van der Waals surface area contributed by atoms with Crippen LogP contribution < -0.4 is 40.0 Å². The zero-order chi connectivity index (χ0) is 12.5. The third-order valence-corrected chi connectivity index (χ3v) is 2.94. The van der Waals surface area contributed by atoms with Crippen molar-refractivity contribution in [3.05, 3.63) is 35.9 Å². The molecule has 4 nitrogen and oxygen atoms in total. The Bertz CT molecular complexity index is 373. The normalized spacial score (nSPS) is 9.33. The quantitative estimate of drug-likeness (QED) is 0.533. The van der Waals surface area contributed by atoms with E-state index in [-0.39, 0.29) is 47.0 Å². The Balaban J connectivity index is 0.00000289. The molecule has 1 N–H and O–H groups in total. The number of amides is 1. The molecule has 1 aromatic rings. The molecule has 6 heteroatoms. The summed E-state index contributed by atoms with van der Waals surface area (Å²) >= 11 is 1.04. The van der Waals surface area contributed by atoms with Crippen LogP contribution in [-0.4, -0.2) is 29.9 Å². The van der Waals surface area contributed by atoms with Crippen LogP contribution in [0.3, 0.4) is 0 Å².